The summed E-state index contributed by atoms with van der Waals surface area (Å²) in [5.41, 5.74) is 6.90. The summed E-state index contributed by atoms with van der Waals surface area (Å²) in [5, 5.41) is 8.32. The van der Waals surface area contributed by atoms with Crippen molar-refractivity contribution in [3.05, 3.63) is 29.9 Å². The van der Waals surface area contributed by atoms with Gasteiger partial charge in [-0.15, -0.1) is 35.0 Å². The molecule has 0 fully saturated rings. The fourth-order valence-corrected chi connectivity index (χ4v) is 2.96. The lowest BCUT2D eigenvalue weighted by Gasteiger charge is -2.33. The molecule has 0 unspecified atom stereocenters. The first kappa shape index (κ1) is 21.4. The van der Waals surface area contributed by atoms with Gasteiger partial charge in [0, 0.05) is 32.0 Å². The number of amides is 1. The summed E-state index contributed by atoms with van der Waals surface area (Å²) in [6.07, 6.45) is 3.69. The predicted octanol–water partition coefficient (Wildman–Crippen LogP) is 0.464. The van der Waals surface area contributed by atoms with Gasteiger partial charge in [0.25, 0.3) is 0 Å². The number of nitrogens with one attached hydrogen (secondary N) is 1. The van der Waals surface area contributed by atoms with Crippen molar-refractivity contribution in [3.63, 3.8) is 0 Å². The third-order valence-corrected chi connectivity index (χ3v) is 3.99. The lowest BCUT2D eigenvalue weighted by atomic mass is 10.1. The molecule has 0 saturated carbocycles. The number of nitrogens with two attached hydrogens (primary N) is 1. The van der Waals surface area contributed by atoms with Crippen molar-refractivity contribution in [2.24, 2.45) is 5.73 Å². The summed E-state index contributed by atoms with van der Waals surface area (Å²) >= 11 is 0. The second-order valence-electron chi connectivity index (χ2n) is 5.79. The number of aromatic amines is 1. The van der Waals surface area contributed by atoms with E-state index in [1.807, 2.05) is 11.5 Å². The molecular formula is C14H23Cl2N7O2. The lowest BCUT2D eigenvalue weighted by Crippen LogP contribution is -2.49. The number of imidazole rings is 1. The van der Waals surface area contributed by atoms with Crippen LogP contribution in [0.5, 0.6) is 0 Å². The topological polar surface area (TPSA) is 115 Å². The lowest BCUT2D eigenvalue weighted by molar-refractivity contribution is -0.134. The van der Waals surface area contributed by atoms with Gasteiger partial charge >= 0.3 is 0 Å². The highest BCUT2D eigenvalue weighted by Gasteiger charge is 2.31. The van der Waals surface area contributed by atoms with Gasteiger partial charge in [0.05, 0.1) is 25.0 Å². The zero-order valence-electron chi connectivity index (χ0n) is 14.1. The van der Waals surface area contributed by atoms with Crippen LogP contribution in [0.1, 0.15) is 30.3 Å². The molecule has 2 aromatic heterocycles. The maximum absolute atomic E-state index is 12.6. The number of nitrogens with zero attached hydrogens (tertiary/aromatic N) is 5. The molecule has 25 heavy (non-hydrogen) atoms. The molecule has 0 bridgehead atoms. The molecule has 0 aromatic carbocycles. The Morgan fingerprint density at radius 1 is 1.48 bits per heavy atom. The van der Waals surface area contributed by atoms with Crippen molar-refractivity contribution in [2.75, 3.05) is 13.7 Å². The Labute approximate surface area is 158 Å². The van der Waals surface area contributed by atoms with Crippen LogP contribution in [0.15, 0.2) is 12.5 Å². The SMILES string of the molecule is COCc1nnc2n1[C@@H](C)CN(C(=O)[C@@H](N)Cc1cnc[nH]1)C2.Cl.Cl. The molecule has 2 aromatic rings. The molecule has 0 spiro atoms. The number of H-pyrrole nitrogens is 1. The molecule has 0 saturated heterocycles. The molecular weight excluding hydrogens is 369 g/mol. The van der Waals surface area contributed by atoms with Gasteiger partial charge < -0.3 is 24.9 Å². The first-order chi connectivity index (χ1) is 11.1. The molecule has 0 radical (unpaired) electrons. The van der Waals surface area contributed by atoms with E-state index in [-0.39, 0.29) is 36.8 Å². The van der Waals surface area contributed by atoms with Crippen LogP contribution in [-0.4, -0.2) is 55.2 Å². The number of hydrogen-bond donors (Lipinski definition) is 2. The maximum atomic E-state index is 12.6. The van der Waals surface area contributed by atoms with Crippen molar-refractivity contribution >= 4 is 30.7 Å². The summed E-state index contributed by atoms with van der Waals surface area (Å²) < 4.78 is 7.17. The van der Waals surface area contributed by atoms with E-state index in [0.717, 1.165) is 17.3 Å². The average molecular weight is 392 g/mol. The Bertz CT molecular complexity index is 677. The number of hydrogen-bond acceptors (Lipinski definition) is 6. The van der Waals surface area contributed by atoms with Gasteiger partial charge in [-0.05, 0) is 6.92 Å². The van der Waals surface area contributed by atoms with E-state index in [1.54, 1.807) is 24.5 Å². The smallest absolute Gasteiger partial charge is 0.240 e. The van der Waals surface area contributed by atoms with E-state index in [0.29, 0.717) is 26.1 Å². The summed E-state index contributed by atoms with van der Waals surface area (Å²) in [6, 6.07) is -0.516. The molecule has 1 aliphatic heterocycles. The Hall–Kier alpha value is -1.68. The Morgan fingerprint density at radius 2 is 2.24 bits per heavy atom. The summed E-state index contributed by atoms with van der Waals surface area (Å²) in [4.78, 5) is 21.2. The van der Waals surface area contributed by atoms with Crippen LogP contribution in [0.4, 0.5) is 0 Å². The van der Waals surface area contributed by atoms with Crippen LogP contribution in [0.2, 0.25) is 0 Å². The minimum absolute atomic E-state index is 0. The molecule has 9 nitrogen and oxygen atoms in total. The van der Waals surface area contributed by atoms with Crippen molar-refractivity contribution in [1.29, 1.82) is 0 Å². The standard InChI is InChI=1S/C14H21N7O2.2ClH/c1-9-5-20(6-12-18-19-13(7-23-2)21(9)12)14(22)11(15)3-10-4-16-8-17-10;;/h4,8-9,11H,3,5-7,15H2,1-2H3,(H,16,17);2*1H/t9-,11-;;/m0../s1. The molecule has 0 aliphatic carbocycles. The highest BCUT2D eigenvalue weighted by molar-refractivity contribution is 5.85. The van der Waals surface area contributed by atoms with Crippen LogP contribution in [-0.2, 0) is 29.1 Å². The van der Waals surface area contributed by atoms with Crippen molar-refractivity contribution < 1.29 is 9.53 Å². The molecule has 11 heteroatoms. The first-order valence-corrected chi connectivity index (χ1v) is 7.53. The van der Waals surface area contributed by atoms with E-state index < -0.39 is 6.04 Å². The molecule has 2 atom stereocenters. The maximum Gasteiger partial charge on any atom is 0.240 e. The van der Waals surface area contributed by atoms with Gasteiger partial charge in [-0.2, -0.15) is 0 Å². The molecule has 3 heterocycles. The highest BCUT2D eigenvalue weighted by Crippen LogP contribution is 2.22. The largest absolute Gasteiger partial charge is 0.377 e. The van der Waals surface area contributed by atoms with Gasteiger partial charge in [0.15, 0.2) is 11.6 Å². The zero-order chi connectivity index (χ0) is 16.4. The third kappa shape index (κ3) is 4.49. The predicted molar refractivity (Wildman–Crippen MR) is 95.6 cm³/mol. The number of methoxy groups -OCH3 is 1. The van der Waals surface area contributed by atoms with Gasteiger partial charge in [-0.1, -0.05) is 0 Å². The number of aromatic nitrogens is 5. The van der Waals surface area contributed by atoms with Gasteiger partial charge in [0.2, 0.25) is 5.91 Å². The summed E-state index contributed by atoms with van der Waals surface area (Å²) in [6.45, 7) is 3.43. The fourth-order valence-electron chi connectivity index (χ4n) is 2.96. The number of carbonyl (C=O) groups excluding carboxylic acids is 1. The first-order valence-electron chi connectivity index (χ1n) is 7.53. The highest BCUT2D eigenvalue weighted by atomic mass is 35.5. The number of carbonyl (C=O) groups is 1. The van der Waals surface area contributed by atoms with Gasteiger partial charge in [-0.25, -0.2) is 4.98 Å². The molecule has 3 N–H and O–H groups in total. The van der Waals surface area contributed by atoms with Crippen LogP contribution in [0.25, 0.3) is 0 Å². The van der Waals surface area contributed by atoms with Crippen molar-refractivity contribution in [2.45, 2.75) is 38.6 Å². The fraction of sp³-hybridized carbons (Fsp3) is 0.571. The van der Waals surface area contributed by atoms with Crippen LogP contribution < -0.4 is 5.73 Å². The molecule has 140 valence electrons. The number of halogens is 2. The second-order valence-corrected chi connectivity index (χ2v) is 5.79. The van der Waals surface area contributed by atoms with E-state index >= 15 is 0 Å². The molecule has 1 aliphatic rings. The minimum atomic E-state index is -0.601. The van der Waals surface area contributed by atoms with Crippen molar-refractivity contribution in [3.8, 4) is 0 Å². The van der Waals surface area contributed by atoms with E-state index in [1.165, 1.54) is 0 Å². The number of rotatable bonds is 5. The van der Waals surface area contributed by atoms with Crippen LogP contribution in [0.3, 0.4) is 0 Å². The molecule has 3 rings (SSSR count). The average Bonchev–Trinajstić information content (AvgIpc) is 3.17. The Kier molecular flexibility index (Phi) is 7.81. The molecule has 1 amide bonds. The second kappa shape index (κ2) is 9.14. The normalized spacial score (nSPS) is 17.2. The summed E-state index contributed by atoms with van der Waals surface area (Å²) in [7, 11) is 1.62. The van der Waals surface area contributed by atoms with Gasteiger partial charge in [-0.3, -0.25) is 4.79 Å². The van der Waals surface area contributed by atoms with Crippen LogP contribution >= 0.6 is 24.8 Å². The summed E-state index contributed by atoms with van der Waals surface area (Å²) in [5.74, 6) is 1.45. The Morgan fingerprint density at radius 3 is 2.88 bits per heavy atom. The quantitative estimate of drug-likeness (QED) is 0.764. The van der Waals surface area contributed by atoms with Gasteiger partial charge in [0.1, 0.15) is 6.61 Å². The van der Waals surface area contributed by atoms with E-state index in [2.05, 4.69) is 20.2 Å². The Balaban J connectivity index is 0.00000156. The zero-order valence-corrected chi connectivity index (χ0v) is 15.7. The minimum Gasteiger partial charge on any atom is -0.377 e. The van der Waals surface area contributed by atoms with Crippen molar-refractivity contribution in [1.82, 2.24) is 29.6 Å². The monoisotopic (exact) mass is 391 g/mol. The van der Waals surface area contributed by atoms with Crippen LogP contribution in [0, 0.1) is 0 Å². The van der Waals surface area contributed by atoms with E-state index in [9.17, 15) is 4.79 Å². The van der Waals surface area contributed by atoms with E-state index in [4.69, 9.17) is 10.5 Å². The number of fused-ring (bicyclic) bond motifs is 1. The third-order valence-electron chi connectivity index (χ3n) is 3.99. The number of ether oxygens (including phenoxy) is 1.